The average Bonchev–Trinajstić information content (AvgIpc) is 2.48. The first-order valence-corrected chi connectivity index (χ1v) is 6.77. The fourth-order valence-electron chi connectivity index (χ4n) is 2.03. The molecule has 2 N–H and O–H groups in total. The number of methoxy groups -OCH3 is 1. The minimum atomic E-state index is -0.202. The van der Waals surface area contributed by atoms with Gasteiger partial charge in [0.25, 0.3) is 0 Å². The zero-order chi connectivity index (χ0) is 14.2. The second-order valence-electron chi connectivity index (χ2n) is 4.57. The summed E-state index contributed by atoms with van der Waals surface area (Å²) in [7, 11) is 1.60. The highest BCUT2D eigenvalue weighted by Gasteiger charge is 2.10. The summed E-state index contributed by atoms with van der Waals surface area (Å²) in [5, 5.41) is 5.62. The lowest BCUT2D eigenvalue weighted by molar-refractivity contribution is 0.0388. The van der Waals surface area contributed by atoms with Gasteiger partial charge in [-0.1, -0.05) is 6.07 Å². The third-order valence-corrected chi connectivity index (χ3v) is 3.14. The molecule has 1 aromatic rings. The zero-order valence-corrected chi connectivity index (χ0v) is 11.7. The van der Waals surface area contributed by atoms with Gasteiger partial charge in [0, 0.05) is 37.9 Å². The lowest BCUT2D eigenvalue weighted by atomic mass is 10.3. The lowest BCUT2D eigenvalue weighted by Gasteiger charge is -2.26. The molecule has 0 saturated carbocycles. The first-order valence-electron chi connectivity index (χ1n) is 6.77. The number of ether oxygens (including phenoxy) is 2. The molecule has 0 aromatic heterocycles. The van der Waals surface area contributed by atoms with Crippen LogP contribution >= 0.6 is 0 Å². The second-order valence-corrected chi connectivity index (χ2v) is 4.57. The third kappa shape index (κ3) is 4.71. The highest BCUT2D eigenvalue weighted by atomic mass is 16.5. The SMILES string of the molecule is COc1cccc(NC(=O)NCCN2CCOCC2)c1. The minimum Gasteiger partial charge on any atom is -0.497 e. The molecule has 0 bridgehead atoms. The van der Waals surface area contributed by atoms with E-state index in [9.17, 15) is 4.79 Å². The summed E-state index contributed by atoms with van der Waals surface area (Å²) in [5.74, 6) is 0.719. The van der Waals surface area contributed by atoms with Crippen LogP contribution in [0.2, 0.25) is 0 Å². The summed E-state index contributed by atoms with van der Waals surface area (Å²) >= 11 is 0. The van der Waals surface area contributed by atoms with Crippen LogP contribution in [0.15, 0.2) is 24.3 Å². The maximum Gasteiger partial charge on any atom is 0.319 e. The van der Waals surface area contributed by atoms with Gasteiger partial charge in [0.15, 0.2) is 0 Å². The number of nitrogens with one attached hydrogen (secondary N) is 2. The number of urea groups is 1. The van der Waals surface area contributed by atoms with Crippen LogP contribution in [0.25, 0.3) is 0 Å². The smallest absolute Gasteiger partial charge is 0.319 e. The van der Waals surface area contributed by atoms with E-state index in [1.165, 1.54) is 0 Å². The van der Waals surface area contributed by atoms with E-state index in [4.69, 9.17) is 9.47 Å². The quantitative estimate of drug-likeness (QED) is 0.848. The van der Waals surface area contributed by atoms with E-state index < -0.39 is 0 Å². The van der Waals surface area contributed by atoms with Gasteiger partial charge >= 0.3 is 6.03 Å². The molecule has 0 radical (unpaired) electrons. The Bertz CT molecular complexity index is 433. The Morgan fingerprint density at radius 2 is 2.20 bits per heavy atom. The number of benzene rings is 1. The molecule has 1 fully saturated rings. The van der Waals surface area contributed by atoms with Gasteiger partial charge < -0.3 is 20.1 Å². The standard InChI is InChI=1S/C14H21N3O3/c1-19-13-4-2-3-12(11-13)16-14(18)15-5-6-17-7-9-20-10-8-17/h2-4,11H,5-10H2,1H3,(H2,15,16,18). The summed E-state index contributed by atoms with van der Waals surface area (Å²) in [6, 6.07) is 7.07. The number of anilines is 1. The van der Waals surface area contributed by atoms with Crippen molar-refractivity contribution >= 4 is 11.7 Å². The van der Waals surface area contributed by atoms with E-state index in [2.05, 4.69) is 15.5 Å². The van der Waals surface area contributed by atoms with Crippen LogP contribution in [-0.2, 0) is 4.74 Å². The van der Waals surface area contributed by atoms with E-state index in [0.717, 1.165) is 38.6 Å². The van der Waals surface area contributed by atoms with Gasteiger partial charge in [0.1, 0.15) is 5.75 Å². The largest absolute Gasteiger partial charge is 0.497 e. The molecule has 1 aromatic carbocycles. The Balaban J connectivity index is 1.69. The zero-order valence-electron chi connectivity index (χ0n) is 11.7. The number of amides is 2. The molecule has 1 saturated heterocycles. The van der Waals surface area contributed by atoms with E-state index in [1.807, 2.05) is 18.2 Å². The van der Waals surface area contributed by atoms with Crippen molar-refractivity contribution in [2.24, 2.45) is 0 Å². The molecule has 0 spiro atoms. The molecule has 6 heteroatoms. The third-order valence-electron chi connectivity index (χ3n) is 3.14. The van der Waals surface area contributed by atoms with Crippen LogP contribution < -0.4 is 15.4 Å². The molecule has 6 nitrogen and oxygen atoms in total. The summed E-state index contributed by atoms with van der Waals surface area (Å²) in [6.07, 6.45) is 0. The molecular weight excluding hydrogens is 258 g/mol. The maximum absolute atomic E-state index is 11.7. The van der Waals surface area contributed by atoms with Crippen molar-refractivity contribution in [3.05, 3.63) is 24.3 Å². The molecule has 1 aliphatic rings. The molecule has 110 valence electrons. The highest BCUT2D eigenvalue weighted by molar-refractivity contribution is 5.89. The topological polar surface area (TPSA) is 62.8 Å². The molecule has 0 aliphatic carbocycles. The van der Waals surface area contributed by atoms with Crippen molar-refractivity contribution in [3.8, 4) is 5.75 Å². The van der Waals surface area contributed by atoms with Crippen LogP contribution in [0, 0.1) is 0 Å². The summed E-state index contributed by atoms with van der Waals surface area (Å²) in [6.45, 7) is 4.87. The Morgan fingerprint density at radius 3 is 2.95 bits per heavy atom. The summed E-state index contributed by atoms with van der Waals surface area (Å²) < 4.78 is 10.4. The van der Waals surface area contributed by atoms with E-state index in [-0.39, 0.29) is 6.03 Å². The van der Waals surface area contributed by atoms with Gasteiger partial charge in [-0.15, -0.1) is 0 Å². The molecule has 2 amide bonds. The normalized spacial score (nSPS) is 15.7. The van der Waals surface area contributed by atoms with Crippen LogP contribution in [0.5, 0.6) is 5.75 Å². The Hall–Kier alpha value is -1.79. The Morgan fingerprint density at radius 1 is 1.40 bits per heavy atom. The fraction of sp³-hybridized carbons (Fsp3) is 0.500. The molecule has 1 heterocycles. The Labute approximate surface area is 119 Å². The fourth-order valence-corrected chi connectivity index (χ4v) is 2.03. The number of hydrogen-bond donors (Lipinski definition) is 2. The van der Waals surface area contributed by atoms with E-state index in [0.29, 0.717) is 12.2 Å². The first kappa shape index (κ1) is 14.6. The number of morpholine rings is 1. The van der Waals surface area contributed by atoms with Crippen molar-refractivity contribution in [2.45, 2.75) is 0 Å². The van der Waals surface area contributed by atoms with Gasteiger partial charge in [-0.2, -0.15) is 0 Å². The molecule has 2 rings (SSSR count). The van der Waals surface area contributed by atoms with Crippen molar-refractivity contribution in [3.63, 3.8) is 0 Å². The molecular formula is C14H21N3O3. The van der Waals surface area contributed by atoms with Crippen LogP contribution in [0.3, 0.4) is 0 Å². The van der Waals surface area contributed by atoms with Crippen LogP contribution in [0.4, 0.5) is 10.5 Å². The van der Waals surface area contributed by atoms with Gasteiger partial charge in [0.2, 0.25) is 0 Å². The number of carbonyl (C=O) groups is 1. The number of hydrogen-bond acceptors (Lipinski definition) is 4. The van der Waals surface area contributed by atoms with Crippen molar-refractivity contribution in [1.82, 2.24) is 10.2 Å². The van der Waals surface area contributed by atoms with Gasteiger partial charge in [0.05, 0.1) is 20.3 Å². The van der Waals surface area contributed by atoms with E-state index in [1.54, 1.807) is 13.2 Å². The van der Waals surface area contributed by atoms with Crippen LogP contribution in [-0.4, -0.2) is 57.4 Å². The van der Waals surface area contributed by atoms with Gasteiger partial charge in [-0.25, -0.2) is 4.79 Å². The van der Waals surface area contributed by atoms with Crippen molar-refractivity contribution in [1.29, 1.82) is 0 Å². The molecule has 0 unspecified atom stereocenters. The van der Waals surface area contributed by atoms with Crippen LogP contribution in [0.1, 0.15) is 0 Å². The van der Waals surface area contributed by atoms with Crippen molar-refractivity contribution in [2.75, 3.05) is 51.8 Å². The van der Waals surface area contributed by atoms with Gasteiger partial charge in [-0.3, -0.25) is 4.90 Å². The lowest BCUT2D eigenvalue weighted by Crippen LogP contribution is -2.42. The molecule has 0 atom stereocenters. The monoisotopic (exact) mass is 279 g/mol. The number of nitrogens with zero attached hydrogens (tertiary/aromatic N) is 1. The predicted molar refractivity (Wildman–Crippen MR) is 77.3 cm³/mol. The molecule has 1 aliphatic heterocycles. The average molecular weight is 279 g/mol. The number of carbonyl (C=O) groups excluding carboxylic acids is 1. The summed E-state index contributed by atoms with van der Waals surface area (Å²) in [5.41, 5.74) is 0.716. The highest BCUT2D eigenvalue weighted by Crippen LogP contribution is 2.16. The Kier molecular flexibility index (Phi) is 5.64. The first-order chi connectivity index (χ1) is 9.78. The van der Waals surface area contributed by atoms with Gasteiger partial charge in [-0.05, 0) is 12.1 Å². The minimum absolute atomic E-state index is 0.202. The van der Waals surface area contributed by atoms with Crippen molar-refractivity contribution < 1.29 is 14.3 Å². The van der Waals surface area contributed by atoms with E-state index >= 15 is 0 Å². The summed E-state index contributed by atoms with van der Waals surface area (Å²) in [4.78, 5) is 14.0. The maximum atomic E-state index is 11.7. The molecule has 20 heavy (non-hydrogen) atoms. The predicted octanol–water partition coefficient (Wildman–Crippen LogP) is 1.15. The second kappa shape index (κ2) is 7.72. The number of rotatable bonds is 5.